The third-order valence-electron chi connectivity index (χ3n) is 3.69. The molecule has 0 bridgehead atoms. The average molecular weight is 274 g/mol. The summed E-state index contributed by atoms with van der Waals surface area (Å²) in [5.41, 5.74) is -0.210. The van der Waals surface area contributed by atoms with E-state index in [4.69, 9.17) is 9.47 Å². The minimum absolute atomic E-state index is 0.144. The van der Waals surface area contributed by atoms with Gasteiger partial charge in [0, 0.05) is 18.6 Å². The van der Waals surface area contributed by atoms with Crippen LogP contribution in [0.25, 0.3) is 0 Å². The highest BCUT2D eigenvalue weighted by Gasteiger charge is 2.28. The predicted molar refractivity (Wildman–Crippen MR) is 80.5 cm³/mol. The van der Waals surface area contributed by atoms with Crippen LogP contribution >= 0.6 is 0 Å². The molecule has 0 aliphatic heterocycles. The van der Waals surface area contributed by atoms with Crippen molar-refractivity contribution >= 4 is 0 Å². The normalized spacial score (nSPS) is 12.0. The number of hydrogen-bond acceptors (Lipinski definition) is 3. The van der Waals surface area contributed by atoms with E-state index in [1.165, 1.54) is 25.7 Å². The van der Waals surface area contributed by atoms with Crippen LogP contribution < -0.4 is 0 Å². The minimum Gasteiger partial charge on any atom is -0.396 e. The van der Waals surface area contributed by atoms with Crippen LogP contribution in [0.4, 0.5) is 0 Å². The van der Waals surface area contributed by atoms with Crippen molar-refractivity contribution in [2.24, 2.45) is 5.41 Å². The largest absolute Gasteiger partial charge is 0.396 e. The number of hydrogen-bond donors (Lipinski definition) is 1. The van der Waals surface area contributed by atoms with Gasteiger partial charge in [0.1, 0.15) is 0 Å². The molecule has 3 heteroatoms. The Morgan fingerprint density at radius 1 is 0.789 bits per heavy atom. The lowest BCUT2D eigenvalue weighted by molar-refractivity contribution is -0.0540. The monoisotopic (exact) mass is 274 g/mol. The molecule has 116 valence electrons. The van der Waals surface area contributed by atoms with Gasteiger partial charge in [-0.25, -0.2) is 0 Å². The first-order chi connectivity index (χ1) is 9.24. The van der Waals surface area contributed by atoms with E-state index < -0.39 is 0 Å². The van der Waals surface area contributed by atoms with Crippen molar-refractivity contribution in [2.75, 3.05) is 33.0 Å². The molecule has 0 saturated heterocycles. The second-order valence-corrected chi connectivity index (χ2v) is 5.53. The minimum atomic E-state index is -0.210. The Morgan fingerprint density at radius 2 is 1.26 bits per heavy atom. The van der Waals surface area contributed by atoms with Crippen LogP contribution in [-0.2, 0) is 9.47 Å². The zero-order valence-electron chi connectivity index (χ0n) is 13.2. The Hall–Kier alpha value is -0.120. The van der Waals surface area contributed by atoms with Crippen LogP contribution in [-0.4, -0.2) is 38.1 Å². The van der Waals surface area contributed by atoms with Gasteiger partial charge in [0.2, 0.25) is 0 Å². The molecule has 0 aromatic heterocycles. The Balaban J connectivity index is 3.83. The highest BCUT2D eigenvalue weighted by atomic mass is 16.5. The van der Waals surface area contributed by atoms with Gasteiger partial charge in [-0.05, 0) is 19.3 Å². The molecule has 0 aliphatic carbocycles. The second kappa shape index (κ2) is 12.9. The Morgan fingerprint density at radius 3 is 1.58 bits per heavy atom. The lowest BCUT2D eigenvalue weighted by Gasteiger charge is -2.30. The Labute approximate surface area is 119 Å². The van der Waals surface area contributed by atoms with Crippen molar-refractivity contribution < 1.29 is 14.6 Å². The molecule has 3 nitrogen and oxygen atoms in total. The molecule has 0 amide bonds. The van der Waals surface area contributed by atoms with E-state index in [1.807, 2.05) is 0 Å². The summed E-state index contributed by atoms with van der Waals surface area (Å²) < 4.78 is 11.4. The van der Waals surface area contributed by atoms with Crippen LogP contribution in [0.5, 0.6) is 0 Å². The van der Waals surface area contributed by atoms with Crippen molar-refractivity contribution in [1.82, 2.24) is 0 Å². The van der Waals surface area contributed by atoms with E-state index in [9.17, 15) is 5.11 Å². The molecule has 0 rings (SSSR count). The zero-order chi connectivity index (χ0) is 14.4. The summed E-state index contributed by atoms with van der Waals surface area (Å²) >= 11 is 0. The summed E-state index contributed by atoms with van der Waals surface area (Å²) in [6.07, 6.45) is 7.96. The topological polar surface area (TPSA) is 38.7 Å². The third kappa shape index (κ3) is 9.42. The number of aliphatic hydroxyl groups is 1. The van der Waals surface area contributed by atoms with Crippen molar-refractivity contribution in [3.63, 3.8) is 0 Å². The highest BCUT2D eigenvalue weighted by molar-refractivity contribution is 4.76. The summed E-state index contributed by atoms with van der Waals surface area (Å²) in [4.78, 5) is 0. The van der Waals surface area contributed by atoms with E-state index in [-0.39, 0.29) is 12.0 Å². The predicted octanol–water partition coefficient (Wildman–Crippen LogP) is 3.79. The first-order valence-corrected chi connectivity index (χ1v) is 8.01. The SMILES string of the molecule is CCCCCOCC(CC)(CO)COCCCCC. The van der Waals surface area contributed by atoms with Gasteiger partial charge in [-0.1, -0.05) is 46.5 Å². The molecule has 0 atom stereocenters. The van der Waals surface area contributed by atoms with E-state index in [0.717, 1.165) is 32.5 Å². The first-order valence-electron chi connectivity index (χ1n) is 8.01. The van der Waals surface area contributed by atoms with Crippen molar-refractivity contribution in [1.29, 1.82) is 0 Å². The molecule has 0 heterocycles. The molecule has 0 unspecified atom stereocenters. The van der Waals surface area contributed by atoms with E-state index in [1.54, 1.807) is 0 Å². The maximum atomic E-state index is 9.62. The van der Waals surface area contributed by atoms with Crippen LogP contribution in [0.2, 0.25) is 0 Å². The fourth-order valence-corrected chi connectivity index (χ4v) is 1.93. The molecule has 0 fully saturated rings. The maximum Gasteiger partial charge on any atom is 0.0566 e. The highest BCUT2D eigenvalue weighted by Crippen LogP contribution is 2.22. The van der Waals surface area contributed by atoms with Gasteiger partial charge in [-0.2, -0.15) is 0 Å². The van der Waals surface area contributed by atoms with Crippen molar-refractivity contribution in [3.8, 4) is 0 Å². The standard InChI is InChI=1S/C16H34O3/c1-4-7-9-11-18-14-16(6-3,13-17)15-19-12-10-8-5-2/h17H,4-15H2,1-3H3. The van der Waals surface area contributed by atoms with Gasteiger partial charge in [-0.15, -0.1) is 0 Å². The van der Waals surface area contributed by atoms with Gasteiger partial charge in [0.05, 0.1) is 19.8 Å². The molecule has 0 spiro atoms. The van der Waals surface area contributed by atoms with Crippen molar-refractivity contribution in [2.45, 2.75) is 65.7 Å². The van der Waals surface area contributed by atoms with Crippen LogP contribution in [0.3, 0.4) is 0 Å². The fraction of sp³-hybridized carbons (Fsp3) is 1.00. The van der Waals surface area contributed by atoms with Gasteiger partial charge in [0.25, 0.3) is 0 Å². The number of rotatable bonds is 14. The lowest BCUT2D eigenvalue weighted by atomic mass is 9.88. The Bertz CT molecular complexity index is 163. The van der Waals surface area contributed by atoms with Crippen molar-refractivity contribution in [3.05, 3.63) is 0 Å². The molecule has 0 aromatic rings. The van der Waals surface area contributed by atoms with Crippen LogP contribution in [0, 0.1) is 5.41 Å². The summed E-state index contributed by atoms with van der Waals surface area (Å²) in [7, 11) is 0. The number of unbranched alkanes of at least 4 members (excludes halogenated alkanes) is 4. The zero-order valence-corrected chi connectivity index (χ0v) is 13.2. The average Bonchev–Trinajstić information content (AvgIpc) is 2.45. The third-order valence-corrected chi connectivity index (χ3v) is 3.69. The van der Waals surface area contributed by atoms with Gasteiger partial charge in [0.15, 0.2) is 0 Å². The molecular formula is C16H34O3. The second-order valence-electron chi connectivity index (χ2n) is 5.53. The quantitative estimate of drug-likeness (QED) is 0.490. The summed E-state index contributed by atoms with van der Waals surface area (Å²) in [6.45, 7) is 9.43. The van der Waals surface area contributed by atoms with Gasteiger partial charge in [-0.3, -0.25) is 0 Å². The summed E-state index contributed by atoms with van der Waals surface area (Å²) in [5, 5.41) is 9.62. The molecule has 0 radical (unpaired) electrons. The lowest BCUT2D eigenvalue weighted by Crippen LogP contribution is -2.36. The summed E-state index contributed by atoms with van der Waals surface area (Å²) in [5.74, 6) is 0. The Kier molecular flexibility index (Phi) is 12.8. The number of aliphatic hydroxyl groups excluding tert-OH is 1. The van der Waals surface area contributed by atoms with E-state index in [0.29, 0.717) is 13.2 Å². The van der Waals surface area contributed by atoms with E-state index in [2.05, 4.69) is 20.8 Å². The maximum absolute atomic E-state index is 9.62. The summed E-state index contributed by atoms with van der Waals surface area (Å²) in [6, 6.07) is 0. The number of ether oxygens (including phenoxy) is 2. The van der Waals surface area contributed by atoms with Gasteiger partial charge < -0.3 is 14.6 Å². The molecule has 19 heavy (non-hydrogen) atoms. The molecule has 1 N–H and O–H groups in total. The first kappa shape index (κ1) is 18.9. The molecule has 0 saturated carbocycles. The fourth-order valence-electron chi connectivity index (χ4n) is 1.93. The molecular weight excluding hydrogens is 240 g/mol. The van der Waals surface area contributed by atoms with Gasteiger partial charge >= 0.3 is 0 Å². The van der Waals surface area contributed by atoms with Crippen LogP contribution in [0.1, 0.15) is 65.7 Å². The van der Waals surface area contributed by atoms with Crippen LogP contribution in [0.15, 0.2) is 0 Å². The molecule has 0 aromatic carbocycles. The molecule has 0 aliphatic rings. The smallest absolute Gasteiger partial charge is 0.0566 e. The van der Waals surface area contributed by atoms with E-state index >= 15 is 0 Å².